The van der Waals surface area contributed by atoms with Gasteiger partial charge in [0.1, 0.15) is 17.5 Å². The van der Waals surface area contributed by atoms with Crippen LogP contribution in [-0.2, 0) is 5.41 Å². The Bertz CT molecular complexity index is 399. The van der Waals surface area contributed by atoms with Crippen LogP contribution < -0.4 is 11.1 Å². The highest BCUT2D eigenvalue weighted by molar-refractivity contribution is 5.45. The molecule has 0 aromatic carbocycles. The molecule has 0 aliphatic rings. The first-order valence-electron chi connectivity index (χ1n) is 6.47. The minimum atomic E-state index is -0.0875. The third-order valence-corrected chi connectivity index (χ3v) is 2.60. The van der Waals surface area contributed by atoms with Gasteiger partial charge in [0.15, 0.2) is 0 Å². The molecular weight excluding hydrogens is 224 g/mol. The molecule has 0 saturated heterocycles. The van der Waals surface area contributed by atoms with Gasteiger partial charge in [0.25, 0.3) is 0 Å². The summed E-state index contributed by atoms with van der Waals surface area (Å²) < 4.78 is 0. The van der Waals surface area contributed by atoms with Gasteiger partial charge in [-0.2, -0.15) is 0 Å². The van der Waals surface area contributed by atoms with Crippen LogP contribution in [0.15, 0.2) is 6.07 Å². The number of aromatic nitrogens is 2. The largest absolute Gasteiger partial charge is 0.384 e. The summed E-state index contributed by atoms with van der Waals surface area (Å²) in [7, 11) is 0. The first-order chi connectivity index (χ1) is 8.08. The zero-order chi connectivity index (χ0) is 14.0. The van der Waals surface area contributed by atoms with Crippen LogP contribution in [0, 0.1) is 5.41 Å². The Labute approximate surface area is 110 Å². The van der Waals surface area contributed by atoms with Crippen LogP contribution in [0.1, 0.15) is 53.8 Å². The molecule has 0 spiro atoms. The predicted octanol–water partition coefficient (Wildman–Crippen LogP) is 3.20. The average molecular weight is 250 g/mol. The van der Waals surface area contributed by atoms with Crippen LogP contribution in [0.5, 0.6) is 0 Å². The Kier molecular flexibility index (Phi) is 4.20. The van der Waals surface area contributed by atoms with E-state index in [1.54, 1.807) is 6.07 Å². The second-order valence-electron chi connectivity index (χ2n) is 6.99. The molecule has 18 heavy (non-hydrogen) atoms. The summed E-state index contributed by atoms with van der Waals surface area (Å²) in [6.45, 7) is 13.8. The van der Waals surface area contributed by atoms with Gasteiger partial charge in [-0.25, -0.2) is 9.97 Å². The summed E-state index contributed by atoms with van der Waals surface area (Å²) in [5.74, 6) is 2.12. The number of nitrogen functional groups attached to an aromatic ring is 1. The first kappa shape index (κ1) is 14.7. The lowest BCUT2D eigenvalue weighted by molar-refractivity contribution is 0.389. The highest BCUT2D eigenvalue weighted by atomic mass is 15.1. The summed E-state index contributed by atoms with van der Waals surface area (Å²) in [6, 6.07) is 1.79. The van der Waals surface area contributed by atoms with E-state index >= 15 is 0 Å². The third kappa shape index (κ3) is 4.90. The molecule has 0 fully saturated rings. The van der Waals surface area contributed by atoms with Crippen molar-refractivity contribution in [3.05, 3.63) is 11.9 Å². The molecular formula is C14H26N4. The molecule has 0 bridgehead atoms. The van der Waals surface area contributed by atoms with E-state index in [2.05, 4.69) is 56.8 Å². The Morgan fingerprint density at radius 1 is 1.11 bits per heavy atom. The highest BCUT2D eigenvalue weighted by Gasteiger charge is 2.18. The molecule has 0 aliphatic heterocycles. The molecule has 1 heterocycles. The molecule has 0 amide bonds. The molecule has 1 aromatic heterocycles. The maximum Gasteiger partial charge on any atom is 0.138 e. The third-order valence-electron chi connectivity index (χ3n) is 2.60. The molecule has 4 heteroatoms. The smallest absolute Gasteiger partial charge is 0.138 e. The molecule has 0 atom stereocenters. The van der Waals surface area contributed by atoms with E-state index in [-0.39, 0.29) is 5.41 Å². The lowest BCUT2D eigenvalue weighted by Gasteiger charge is -2.20. The Morgan fingerprint density at radius 2 is 1.72 bits per heavy atom. The SMILES string of the molecule is CC(C)(C)CCNc1cc(N)nc(C(C)(C)C)n1. The topological polar surface area (TPSA) is 63.8 Å². The van der Waals surface area contributed by atoms with Crippen molar-refractivity contribution in [2.45, 2.75) is 53.4 Å². The minimum Gasteiger partial charge on any atom is -0.384 e. The van der Waals surface area contributed by atoms with Gasteiger partial charge >= 0.3 is 0 Å². The van der Waals surface area contributed by atoms with Crippen molar-refractivity contribution in [2.24, 2.45) is 5.41 Å². The maximum atomic E-state index is 5.82. The molecule has 0 aliphatic carbocycles. The summed E-state index contributed by atoms with van der Waals surface area (Å²) in [6.07, 6.45) is 1.09. The maximum absolute atomic E-state index is 5.82. The van der Waals surface area contributed by atoms with Gasteiger partial charge in [0.05, 0.1) is 0 Å². The van der Waals surface area contributed by atoms with Gasteiger partial charge in [-0.15, -0.1) is 0 Å². The average Bonchev–Trinajstić information content (AvgIpc) is 2.13. The molecule has 0 radical (unpaired) electrons. The van der Waals surface area contributed by atoms with Crippen molar-refractivity contribution in [3.63, 3.8) is 0 Å². The van der Waals surface area contributed by atoms with Crippen LogP contribution >= 0.6 is 0 Å². The van der Waals surface area contributed by atoms with E-state index in [0.29, 0.717) is 11.2 Å². The van der Waals surface area contributed by atoms with E-state index in [1.165, 1.54) is 0 Å². The van der Waals surface area contributed by atoms with Crippen molar-refractivity contribution in [1.82, 2.24) is 9.97 Å². The Hall–Kier alpha value is -1.32. The lowest BCUT2D eigenvalue weighted by atomic mass is 9.92. The molecule has 0 unspecified atom stereocenters. The van der Waals surface area contributed by atoms with E-state index in [1.807, 2.05) is 0 Å². The van der Waals surface area contributed by atoms with E-state index < -0.39 is 0 Å². The Morgan fingerprint density at radius 3 is 2.22 bits per heavy atom. The number of anilines is 2. The van der Waals surface area contributed by atoms with Crippen LogP contribution in [0.2, 0.25) is 0 Å². The van der Waals surface area contributed by atoms with Crippen molar-refractivity contribution < 1.29 is 0 Å². The molecule has 3 N–H and O–H groups in total. The second-order valence-corrected chi connectivity index (χ2v) is 6.99. The van der Waals surface area contributed by atoms with Crippen molar-refractivity contribution in [1.29, 1.82) is 0 Å². The van der Waals surface area contributed by atoms with Crippen molar-refractivity contribution in [2.75, 3.05) is 17.6 Å². The fourth-order valence-corrected chi connectivity index (χ4v) is 1.46. The fraction of sp³-hybridized carbons (Fsp3) is 0.714. The zero-order valence-electron chi connectivity index (χ0n) is 12.5. The van der Waals surface area contributed by atoms with Gasteiger partial charge in [-0.3, -0.25) is 0 Å². The van der Waals surface area contributed by atoms with E-state index in [0.717, 1.165) is 24.6 Å². The molecule has 1 aromatic rings. The van der Waals surface area contributed by atoms with Crippen LogP contribution in [0.3, 0.4) is 0 Å². The highest BCUT2D eigenvalue weighted by Crippen LogP contribution is 2.22. The van der Waals surface area contributed by atoms with Gasteiger partial charge in [0, 0.05) is 18.0 Å². The van der Waals surface area contributed by atoms with Gasteiger partial charge < -0.3 is 11.1 Å². The van der Waals surface area contributed by atoms with Crippen LogP contribution in [0.25, 0.3) is 0 Å². The van der Waals surface area contributed by atoms with Gasteiger partial charge in [-0.1, -0.05) is 41.5 Å². The minimum absolute atomic E-state index is 0.0875. The quantitative estimate of drug-likeness (QED) is 0.864. The normalized spacial score (nSPS) is 12.6. The molecule has 0 saturated carbocycles. The van der Waals surface area contributed by atoms with Crippen molar-refractivity contribution >= 4 is 11.6 Å². The number of rotatable bonds is 3. The number of hydrogen-bond donors (Lipinski definition) is 2. The summed E-state index contributed by atoms with van der Waals surface area (Å²) in [4.78, 5) is 8.81. The predicted molar refractivity (Wildman–Crippen MR) is 77.7 cm³/mol. The monoisotopic (exact) mass is 250 g/mol. The number of nitrogens with zero attached hydrogens (tertiary/aromatic N) is 2. The number of nitrogens with one attached hydrogen (secondary N) is 1. The van der Waals surface area contributed by atoms with Gasteiger partial charge in [0.2, 0.25) is 0 Å². The van der Waals surface area contributed by atoms with Crippen molar-refractivity contribution in [3.8, 4) is 0 Å². The summed E-state index contributed by atoms with van der Waals surface area (Å²) >= 11 is 0. The summed E-state index contributed by atoms with van der Waals surface area (Å²) in [5, 5.41) is 3.32. The number of hydrogen-bond acceptors (Lipinski definition) is 4. The lowest BCUT2D eigenvalue weighted by Crippen LogP contribution is -2.19. The van der Waals surface area contributed by atoms with E-state index in [9.17, 15) is 0 Å². The summed E-state index contributed by atoms with van der Waals surface area (Å²) in [5.41, 5.74) is 6.05. The van der Waals surface area contributed by atoms with E-state index in [4.69, 9.17) is 5.73 Å². The molecule has 102 valence electrons. The van der Waals surface area contributed by atoms with Gasteiger partial charge in [-0.05, 0) is 11.8 Å². The number of nitrogens with two attached hydrogens (primary N) is 1. The second kappa shape index (κ2) is 5.12. The van der Waals surface area contributed by atoms with Crippen LogP contribution in [-0.4, -0.2) is 16.5 Å². The Balaban J connectivity index is 2.75. The molecule has 1 rings (SSSR count). The first-order valence-corrected chi connectivity index (χ1v) is 6.47. The van der Waals surface area contributed by atoms with Crippen LogP contribution in [0.4, 0.5) is 11.6 Å². The molecule has 4 nitrogen and oxygen atoms in total. The fourth-order valence-electron chi connectivity index (χ4n) is 1.46. The standard InChI is InChI=1S/C14H26N4/c1-13(2,3)7-8-16-11-9-10(15)17-12(18-11)14(4,5)6/h9H,7-8H2,1-6H3,(H3,15,16,17,18). The zero-order valence-corrected chi connectivity index (χ0v) is 12.5.